The number of methoxy groups -OCH3 is 2. The summed E-state index contributed by atoms with van der Waals surface area (Å²) in [6, 6.07) is 7.56. The summed E-state index contributed by atoms with van der Waals surface area (Å²) in [7, 11) is 3.28. The first-order chi connectivity index (χ1) is 11.2. The summed E-state index contributed by atoms with van der Waals surface area (Å²) >= 11 is 0. The van der Waals surface area contributed by atoms with Gasteiger partial charge in [0.25, 0.3) is 0 Å². The molecule has 0 aromatic heterocycles. The van der Waals surface area contributed by atoms with Gasteiger partial charge in [-0.15, -0.1) is 0 Å². The Bertz CT molecular complexity index is 502. The highest BCUT2D eigenvalue weighted by Gasteiger charge is 2.40. The molecule has 1 aromatic rings. The van der Waals surface area contributed by atoms with Crippen molar-refractivity contribution >= 4 is 11.6 Å². The third-order valence-corrected chi connectivity index (χ3v) is 3.76. The predicted molar refractivity (Wildman–Crippen MR) is 87.4 cm³/mol. The van der Waals surface area contributed by atoms with E-state index in [4.69, 9.17) is 23.7 Å². The van der Waals surface area contributed by atoms with Crippen LogP contribution in [0.2, 0.25) is 0 Å². The molecule has 0 saturated carbocycles. The molecule has 0 spiro atoms. The standard InChI is InChI=1S/C17H25NO5/c1-12-16(13(2)22-11-21-10-9-19-3)23-17(12)18-14-5-7-15(20-4)8-6-14/h5-8,12-13,16H,9-11H2,1-4H3/t12-,13-,16+/m0/s1. The molecule has 0 unspecified atom stereocenters. The first-order valence-electron chi connectivity index (χ1n) is 7.73. The van der Waals surface area contributed by atoms with Crippen LogP contribution in [0.3, 0.4) is 0 Å². The van der Waals surface area contributed by atoms with Gasteiger partial charge in [-0.2, -0.15) is 0 Å². The second kappa shape index (κ2) is 8.86. The number of benzene rings is 1. The minimum absolute atomic E-state index is 0.00183. The van der Waals surface area contributed by atoms with E-state index in [-0.39, 0.29) is 24.9 Å². The summed E-state index contributed by atoms with van der Waals surface area (Å²) in [5, 5.41) is 0. The summed E-state index contributed by atoms with van der Waals surface area (Å²) < 4.78 is 26.7. The van der Waals surface area contributed by atoms with Gasteiger partial charge in [0, 0.05) is 7.11 Å². The van der Waals surface area contributed by atoms with Crippen LogP contribution in [-0.2, 0) is 18.9 Å². The summed E-state index contributed by atoms with van der Waals surface area (Å²) in [6.45, 7) is 5.39. The smallest absolute Gasteiger partial charge is 0.195 e. The highest BCUT2D eigenvalue weighted by atomic mass is 16.7. The summed E-state index contributed by atoms with van der Waals surface area (Å²) in [4.78, 5) is 4.51. The molecule has 1 aromatic carbocycles. The largest absolute Gasteiger partial charge is 0.497 e. The lowest BCUT2D eigenvalue weighted by atomic mass is 9.94. The van der Waals surface area contributed by atoms with Crippen molar-refractivity contribution in [3.63, 3.8) is 0 Å². The van der Waals surface area contributed by atoms with Crippen LogP contribution < -0.4 is 4.74 Å². The van der Waals surface area contributed by atoms with Gasteiger partial charge < -0.3 is 23.7 Å². The maximum absolute atomic E-state index is 5.77. The lowest BCUT2D eigenvalue weighted by molar-refractivity contribution is -0.139. The Kier molecular flexibility index (Phi) is 6.83. The molecule has 1 saturated heterocycles. The molecule has 0 aliphatic carbocycles. The predicted octanol–water partition coefficient (Wildman–Crippen LogP) is 2.79. The molecule has 1 fully saturated rings. The quantitative estimate of drug-likeness (QED) is 0.516. The van der Waals surface area contributed by atoms with E-state index >= 15 is 0 Å². The molecule has 23 heavy (non-hydrogen) atoms. The van der Waals surface area contributed by atoms with Crippen LogP contribution in [0.15, 0.2) is 29.3 Å². The van der Waals surface area contributed by atoms with Gasteiger partial charge in [0.2, 0.25) is 0 Å². The molecule has 0 N–H and O–H groups in total. The third kappa shape index (κ3) is 4.92. The average Bonchev–Trinajstić information content (AvgIpc) is 2.58. The van der Waals surface area contributed by atoms with Crippen molar-refractivity contribution in [1.82, 2.24) is 0 Å². The number of hydrogen-bond donors (Lipinski definition) is 0. The zero-order valence-electron chi connectivity index (χ0n) is 14.2. The van der Waals surface area contributed by atoms with E-state index in [1.165, 1.54) is 0 Å². The molecule has 0 amide bonds. The van der Waals surface area contributed by atoms with E-state index in [9.17, 15) is 0 Å². The first-order valence-corrected chi connectivity index (χ1v) is 7.73. The van der Waals surface area contributed by atoms with Gasteiger partial charge in [0.1, 0.15) is 18.6 Å². The fourth-order valence-corrected chi connectivity index (χ4v) is 2.28. The molecule has 6 heteroatoms. The highest BCUT2D eigenvalue weighted by Crippen LogP contribution is 2.30. The fraction of sp³-hybridized carbons (Fsp3) is 0.588. The summed E-state index contributed by atoms with van der Waals surface area (Å²) in [5.41, 5.74) is 0.850. The Morgan fingerprint density at radius 2 is 1.91 bits per heavy atom. The Labute approximate surface area is 137 Å². The van der Waals surface area contributed by atoms with Gasteiger partial charge in [-0.3, -0.25) is 0 Å². The second-order valence-electron chi connectivity index (χ2n) is 5.41. The minimum Gasteiger partial charge on any atom is -0.497 e. The highest BCUT2D eigenvalue weighted by molar-refractivity contribution is 5.86. The molecular weight excluding hydrogens is 298 g/mol. The van der Waals surface area contributed by atoms with Gasteiger partial charge in [-0.05, 0) is 31.2 Å². The van der Waals surface area contributed by atoms with E-state index < -0.39 is 0 Å². The molecule has 1 aliphatic heterocycles. The number of hydrogen-bond acceptors (Lipinski definition) is 6. The molecule has 6 nitrogen and oxygen atoms in total. The van der Waals surface area contributed by atoms with Crippen LogP contribution in [0.4, 0.5) is 5.69 Å². The Hall–Kier alpha value is -1.63. The van der Waals surface area contributed by atoms with Crippen LogP contribution >= 0.6 is 0 Å². The van der Waals surface area contributed by atoms with Crippen molar-refractivity contribution in [3.05, 3.63) is 24.3 Å². The van der Waals surface area contributed by atoms with Gasteiger partial charge in [0.05, 0.1) is 38.0 Å². The lowest BCUT2D eigenvalue weighted by Gasteiger charge is -2.39. The van der Waals surface area contributed by atoms with Gasteiger partial charge >= 0.3 is 0 Å². The van der Waals surface area contributed by atoms with E-state index in [2.05, 4.69) is 11.9 Å². The number of rotatable bonds is 9. The first kappa shape index (κ1) is 17.7. The van der Waals surface area contributed by atoms with Crippen molar-refractivity contribution in [2.45, 2.75) is 26.1 Å². The molecule has 3 atom stereocenters. The van der Waals surface area contributed by atoms with Crippen LogP contribution in [0.25, 0.3) is 0 Å². The molecule has 0 bridgehead atoms. The number of nitrogens with zero attached hydrogens (tertiary/aromatic N) is 1. The van der Waals surface area contributed by atoms with Crippen molar-refractivity contribution in [3.8, 4) is 5.75 Å². The van der Waals surface area contributed by atoms with Crippen LogP contribution in [0.5, 0.6) is 5.75 Å². The molecule has 128 valence electrons. The molecule has 1 aliphatic rings. The Balaban J connectivity index is 1.77. The fourth-order valence-electron chi connectivity index (χ4n) is 2.28. The second-order valence-corrected chi connectivity index (χ2v) is 5.41. The van der Waals surface area contributed by atoms with Gasteiger partial charge in [-0.25, -0.2) is 4.99 Å². The lowest BCUT2D eigenvalue weighted by Crippen LogP contribution is -2.50. The van der Waals surface area contributed by atoms with Crippen LogP contribution in [-0.4, -0.2) is 52.3 Å². The van der Waals surface area contributed by atoms with Crippen molar-refractivity contribution in [1.29, 1.82) is 0 Å². The van der Waals surface area contributed by atoms with Crippen molar-refractivity contribution in [2.24, 2.45) is 10.9 Å². The molecular formula is C17H25NO5. The summed E-state index contributed by atoms with van der Waals surface area (Å²) in [5.74, 6) is 1.76. The van der Waals surface area contributed by atoms with Gasteiger partial charge in [-0.1, -0.05) is 6.92 Å². The van der Waals surface area contributed by atoms with Crippen LogP contribution in [0, 0.1) is 5.92 Å². The Morgan fingerprint density at radius 3 is 2.52 bits per heavy atom. The molecule has 1 heterocycles. The van der Waals surface area contributed by atoms with E-state index in [0.29, 0.717) is 13.2 Å². The third-order valence-electron chi connectivity index (χ3n) is 3.76. The molecule has 2 rings (SSSR count). The Morgan fingerprint density at radius 1 is 1.17 bits per heavy atom. The van der Waals surface area contributed by atoms with Crippen LogP contribution in [0.1, 0.15) is 13.8 Å². The van der Waals surface area contributed by atoms with Crippen molar-refractivity contribution < 1.29 is 23.7 Å². The van der Waals surface area contributed by atoms with Gasteiger partial charge in [0.15, 0.2) is 5.90 Å². The van der Waals surface area contributed by atoms with E-state index in [1.54, 1.807) is 14.2 Å². The maximum atomic E-state index is 5.77. The zero-order chi connectivity index (χ0) is 16.7. The van der Waals surface area contributed by atoms with E-state index in [0.717, 1.165) is 17.3 Å². The van der Waals surface area contributed by atoms with Crippen molar-refractivity contribution in [2.75, 3.05) is 34.2 Å². The minimum atomic E-state index is -0.0534. The van der Waals surface area contributed by atoms with E-state index in [1.807, 2.05) is 31.2 Å². The topological polar surface area (TPSA) is 58.5 Å². The summed E-state index contributed by atoms with van der Waals surface area (Å²) in [6.07, 6.45) is -0.0552. The SMILES string of the molecule is COCCOCO[C@@H](C)[C@@H]1OC(=Nc2ccc(OC)cc2)[C@H]1C. The normalized spacial score (nSPS) is 23.2. The molecule has 0 radical (unpaired) electrons. The number of aliphatic imine (C=N–C) groups is 1. The zero-order valence-corrected chi connectivity index (χ0v) is 14.2. The monoisotopic (exact) mass is 323 g/mol. The number of ether oxygens (including phenoxy) is 5. The maximum Gasteiger partial charge on any atom is 0.195 e. The average molecular weight is 323 g/mol.